The molecule has 4 rings (SSSR count). The largest absolute Gasteiger partial charge is 0.444 e. The fourth-order valence-corrected chi connectivity index (χ4v) is 2.61. The number of piperidine rings is 1. The van der Waals surface area contributed by atoms with Crippen molar-refractivity contribution < 1.29 is 24.2 Å². The standard InChI is InChI=1S/C11H21NO3.C8H7NO2/c1-11(2,3)15-10(14)12-6-4-9(8-13)5-7-12;10-8-9-7-3-1-6(2-4-7)5-11-8/h9,13H,4-8H2,1-3H3;1-4H,5H2,(H,9,10). The molecule has 3 aliphatic heterocycles. The van der Waals surface area contributed by atoms with E-state index >= 15 is 0 Å². The average molecular weight is 364 g/mol. The van der Waals surface area contributed by atoms with Gasteiger partial charge in [0.05, 0.1) is 0 Å². The smallest absolute Gasteiger partial charge is 0.411 e. The average Bonchev–Trinajstić information content (AvgIpc) is 2.58. The van der Waals surface area contributed by atoms with Crippen LogP contribution in [0.1, 0.15) is 39.2 Å². The van der Waals surface area contributed by atoms with Crippen LogP contribution >= 0.6 is 0 Å². The number of benzene rings is 1. The van der Waals surface area contributed by atoms with Gasteiger partial charge in [-0.05, 0) is 57.2 Å². The van der Waals surface area contributed by atoms with Crippen LogP contribution in [0.25, 0.3) is 0 Å². The molecule has 0 aliphatic carbocycles. The molecule has 7 nitrogen and oxygen atoms in total. The molecule has 0 saturated carbocycles. The second-order valence-electron chi connectivity index (χ2n) is 7.49. The molecule has 2 amide bonds. The molecule has 144 valence electrons. The van der Waals surface area contributed by atoms with E-state index < -0.39 is 5.60 Å². The van der Waals surface area contributed by atoms with Gasteiger partial charge >= 0.3 is 12.2 Å². The monoisotopic (exact) mass is 364 g/mol. The number of aliphatic hydroxyl groups is 1. The number of ether oxygens (including phenoxy) is 2. The molecule has 3 aliphatic rings. The normalized spacial score (nSPS) is 17.2. The Balaban J connectivity index is 0.000000195. The van der Waals surface area contributed by atoms with Crippen LogP contribution < -0.4 is 5.32 Å². The van der Waals surface area contributed by atoms with Gasteiger partial charge in [-0.2, -0.15) is 0 Å². The van der Waals surface area contributed by atoms with Crippen LogP contribution in [0.5, 0.6) is 0 Å². The number of nitrogens with one attached hydrogen (secondary N) is 1. The zero-order valence-electron chi connectivity index (χ0n) is 15.7. The molecule has 0 spiro atoms. The number of nitrogens with zero attached hydrogens (tertiary/aromatic N) is 1. The quantitative estimate of drug-likeness (QED) is 0.798. The van der Waals surface area contributed by atoms with Crippen LogP contribution in [0.2, 0.25) is 0 Å². The minimum Gasteiger partial charge on any atom is -0.444 e. The summed E-state index contributed by atoms with van der Waals surface area (Å²) in [7, 11) is 0. The number of carbonyl (C=O) groups is 2. The molecule has 0 atom stereocenters. The van der Waals surface area contributed by atoms with E-state index in [1.807, 2.05) is 45.0 Å². The Labute approximate surface area is 154 Å². The molecule has 1 saturated heterocycles. The van der Waals surface area contributed by atoms with Gasteiger partial charge in [-0.3, -0.25) is 5.32 Å². The van der Waals surface area contributed by atoms with E-state index in [1.165, 1.54) is 0 Å². The van der Waals surface area contributed by atoms with Crippen molar-refractivity contribution in [3.8, 4) is 0 Å². The van der Waals surface area contributed by atoms with Crippen molar-refractivity contribution in [3.05, 3.63) is 29.8 Å². The van der Waals surface area contributed by atoms with Gasteiger partial charge in [-0.15, -0.1) is 0 Å². The Morgan fingerprint density at radius 2 is 1.88 bits per heavy atom. The Bertz CT molecular complexity index is 601. The third-order valence-corrected chi connectivity index (χ3v) is 4.09. The van der Waals surface area contributed by atoms with Crippen molar-refractivity contribution in [2.45, 2.75) is 45.8 Å². The molecule has 1 fully saturated rings. The Kier molecular flexibility index (Phi) is 6.85. The minimum atomic E-state index is -0.426. The van der Waals surface area contributed by atoms with Crippen molar-refractivity contribution in [2.24, 2.45) is 5.92 Å². The number of hydrogen-bond donors (Lipinski definition) is 2. The summed E-state index contributed by atoms with van der Waals surface area (Å²) in [6, 6.07) is 7.56. The highest BCUT2D eigenvalue weighted by atomic mass is 16.6. The SMILES string of the molecule is CC(C)(C)OC(=O)N1CCC(CO)CC1.O=C1Nc2ccc(cc2)CO1. The number of anilines is 1. The molecule has 0 aromatic heterocycles. The fraction of sp³-hybridized carbons (Fsp3) is 0.579. The Hall–Kier alpha value is -2.28. The van der Waals surface area contributed by atoms with Crippen molar-refractivity contribution in [2.75, 3.05) is 25.0 Å². The molecule has 0 radical (unpaired) electrons. The summed E-state index contributed by atoms with van der Waals surface area (Å²) in [6.45, 7) is 7.57. The number of carbonyl (C=O) groups excluding carboxylic acids is 2. The molecule has 2 N–H and O–H groups in total. The van der Waals surface area contributed by atoms with E-state index in [-0.39, 0.29) is 18.8 Å². The first-order valence-electron chi connectivity index (χ1n) is 8.88. The van der Waals surface area contributed by atoms with Crippen molar-refractivity contribution in [3.63, 3.8) is 0 Å². The molecular weight excluding hydrogens is 336 g/mol. The number of fused-ring (bicyclic) bond motifs is 5. The van der Waals surface area contributed by atoms with Crippen molar-refractivity contribution in [1.82, 2.24) is 4.90 Å². The predicted octanol–water partition coefficient (Wildman–Crippen LogP) is 3.37. The lowest BCUT2D eigenvalue weighted by atomic mass is 9.98. The molecule has 26 heavy (non-hydrogen) atoms. The number of rotatable bonds is 1. The lowest BCUT2D eigenvalue weighted by Gasteiger charge is -2.32. The van der Waals surface area contributed by atoms with Gasteiger partial charge in [0.25, 0.3) is 0 Å². The summed E-state index contributed by atoms with van der Waals surface area (Å²) < 4.78 is 10.1. The van der Waals surface area contributed by atoms with Gasteiger partial charge < -0.3 is 19.5 Å². The van der Waals surface area contributed by atoms with Gasteiger partial charge in [0.2, 0.25) is 0 Å². The van der Waals surface area contributed by atoms with Crippen LogP contribution in [0.3, 0.4) is 0 Å². The van der Waals surface area contributed by atoms with Gasteiger partial charge in [0.15, 0.2) is 0 Å². The summed E-state index contributed by atoms with van der Waals surface area (Å²) in [4.78, 5) is 24.2. The molecule has 1 aromatic carbocycles. The maximum absolute atomic E-state index is 11.6. The van der Waals surface area contributed by atoms with E-state index in [9.17, 15) is 9.59 Å². The number of aliphatic hydroxyl groups excluding tert-OH is 1. The maximum Gasteiger partial charge on any atom is 0.411 e. The van der Waals surface area contributed by atoms with Crippen LogP contribution in [0, 0.1) is 5.92 Å². The number of hydrogen-bond acceptors (Lipinski definition) is 5. The van der Waals surface area contributed by atoms with E-state index in [0.717, 1.165) is 24.1 Å². The number of likely N-dealkylation sites (tertiary alicyclic amines) is 1. The predicted molar refractivity (Wildman–Crippen MR) is 97.9 cm³/mol. The summed E-state index contributed by atoms with van der Waals surface area (Å²) >= 11 is 0. The summed E-state index contributed by atoms with van der Waals surface area (Å²) in [5.41, 5.74) is 1.37. The van der Waals surface area contributed by atoms with Crippen LogP contribution in [-0.2, 0) is 16.1 Å². The molecule has 0 unspecified atom stereocenters. The Morgan fingerprint density at radius 3 is 2.42 bits per heavy atom. The highest BCUT2D eigenvalue weighted by Crippen LogP contribution is 2.19. The van der Waals surface area contributed by atoms with E-state index in [4.69, 9.17) is 14.6 Å². The summed E-state index contributed by atoms with van der Waals surface area (Å²) in [6.07, 6.45) is 1.12. The highest BCUT2D eigenvalue weighted by Gasteiger charge is 2.26. The first-order valence-corrected chi connectivity index (χ1v) is 8.88. The lowest BCUT2D eigenvalue weighted by Crippen LogP contribution is -2.42. The van der Waals surface area contributed by atoms with Crippen molar-refractivity contribution in [1.29, 1.82) is 0 Å². The molecular formula is C19H28N2O5. The second-order valence-corrected chi connectivity index (χ2v) is 7.49. The zero-order valence-corrected chi connectivity index (χ0v) is 15.7. The molecule has 3 heterocycles. The Morgan fingerprint density at radius 1 is 1.27 bits per heavy atom. The topological polar surface area (TPSA) is 88.1 Å². The van der Waals surface area contributed by atoms with Gasteiger partial charge in [0.1, 0.15) is 12.2 Å². The van der Waals surface area contributed by atoms with Gasteiger partial charge in [0, 0.05) is 25.4 Å². The lowest BCUT2D eigenvalue weighted by molar-refractivity contribution is 0.0159. The second kappa shape index (κ2) is 8.89. The molecule has 7 heteroatoms. The third kappa shape index (κ3) is 6.55. The fourth-order valence-electron chi connectivity index (χ4n) is 2.61. The van der Waals surface area contributed by atoms with E-state index in [1.54, 1.807) is 4.90 Å². The summed E-state index contributed by atoms with van der Waals surface area (Å²) in [5.74, 6) is 0.351. The maximum atomic E-state index is 11.6. The zero-order chi connectivity index (χ0) is 19.2. The van der Waals surface area contributed by atoms with Gasteiger partial charge in [-0.25, -0.2) is 9.59 Å². The van der Waals surface area contributed by atoms with E-state index in [0.29, 0.717) is 25.6 Å². The first kappa shape index (κ1) is 20.0. The highest BCUT2D eigenvalue weighted by molar-refractivity contribution is 5.85. The van der Waals surface area contributed by atoms with E-state index in [2.05, 4.69) is 5.32 Å². The summed E-state index contributed by atoms with van der Waals surface area (Å²) in [5, 5.41) is 11.5. The first-order chi connectivity index (χ1) is 12.3. The minimum absolute atomic E-state index is 0.224. The van der Waals surface area contributed by atoms with Crippen LogP contribution in [0.15, 0.2) is 24.3 Å². The molecule has 2 bridgehead atoms. The van der Waals surface area contributed by atoms with Crippen LogP contribution in [-0.4, -0.2) is 47.5 Å². The van der Waals surface area contributed by atoms with Crippen molar-refractivity contribution >= 4 is 17.9 Å². The van der Waals surface area contributed by atoms with Gasteiger partial charge in [-0.1, -0.05) is 12.1 Å². The third-order valence-electron chi connectivity index (χ3n) is 4.09. The molecule has 1 aromatic rings. The number of amides is 2. The van der Waals surface area contributed by atoms with Crippen LogP contribution in [0.4, 0.5) is 15.3 Å².